The maximum Gasteiger partial charge on any atom is 0.239 e. The SMILES string of the molecule is CCNC(C)(CN1CC(C)Cc2ccccc21)C(N)=O. The first-order valence-corrected chi connectivity index (χ1v) is 7.34. The van der Waals surface area contributed by atoms with Crippen molar-refractivity contribution in [1.82, 2.24) is 5.32 Å². The van der Waals surface area contributed by atoms with Crippen LogP contribution in [0.25, 0.3) is 0 Å². The highest BCUT2D eigenvalue weighted by molar-refractivity contribution is 5.85. The number of nitrogens with one attached hydrogen (secondary N) is 1. The molecular formula is C16H25N3O. The first kappa shape index (κ1) is 14.9. The molecule has 2 rings (SSSR count). The molecule has 0 bridgehead atoms. The number of anilines is 1. The fourth-order valence-electron chi connectivity index (χ4n) is 3.05. The van der Waals surface area contributed by atoms with E-state index in [0.717, 1.165) is 19.5 Å². The van der Waals surface area contributed by atoms with Gasteiger partial charge in [-0.25, -0.2) is 0 Å². The summed E-state index contributed by atoms with van der Waals surface area (Å²) in [6.07, 6.45) is 1.10. The molecule has 1 aromatic rings. The van der Waals surface area contributed by atoms with Gasteiger partial charge in [0.1, 0.15) is 5.54 Å². The predicted molar refractivity (Wildman–Crippen MR) is 82.8 cm³/mol. The summed E-state index contributed by atoms with van der Waals surface area (Å²) in [5, 5.41) is 3.24. The van der Waals surface area contributed by atoms with E-state index >= 15 is 0 Å². The molecule has 0 fully saturated rings. The third-order valence-electron chi connectivity index (χ3n) is 4.05. The van der Waals surface area contributed by atoms with Gasteiger partial charge in [-0.15, -0.1) is 0 Å². The van der Waals surface area contributed by atoms with Gasteiger partial charge in [0.05, 0.1) is 0 Å². The Kier molecular flexibility index (Phi) is 4.33. The summed E-state index contributed by atoms with van der Waals surface area (Å²) in [6.45, 7) is 8.43. The van der Waals surface area contributed by atoms with Gasteiger partial charge in [-0.3, -0.25) is 4.79 Å². The Morgan fingerprint density at radius 2 is 2.20 bits per heavy atom. The zero-order valence-corrected chi connectivity index (χ0v) is 12.6. The van der Waals surface area contributed by atoms with Crippen LogP contribution < -0.4 is 16.0 Å². The van der Waals surface area contributed by atoms with Gasteiger partial charge in [-0.05, 0) is 37.4 Å². The molecule has 4 nitrogen and oxygen atoms in total. The number of nitrogens with zero attached hydrogens (tertiary/aromatic N) is 1. The van der Waals surface area contributed by atoms with Crippen molar-refractivity contribution in [3.8, 4) is 0 Å². The molecule has 1 amide bonds. The van der Waals surface area contributed by atoms with Gasteiger partial charge < -0.3 is 16.0 Å². The van der Waals surface area contributed by atoms with E-state index < -0.39 is 5.54 Å². The summed E-state index contributed by atoms with van der Waals surface area (Å²) in [7, 11) is 0. The summed E-state index contributed by atoms with van der Waals surface area (Å²) in [6, 6.07) is 8.44. The first-order chi connectivity index (χ1) is 9.46. The molecule has 0 spiro atoms. The normalized spacial score (nSPS) is 21.1. The van der Waals surface area contributed by atoms with Crippen LogP contribution in [0.3, 0.4) is 0 Å². The van der Waals surface area contributed by atoms with Crippen molar-refractivity contribution in [3.05, 3.63) is 29.8 Å². The van der Waals surface area contributed by atoms with Gasteiger partial charge in [-0.1, -0.05) is 32.0 Å². The Hall–Kier alpha value is -1.55. The van der Waals surface area contributed by atoms with Gasteiger partial charge in [0.2, 0.25) is 5.91 Å². The van der Waals surface area contributed by atoms with E-state index in [9.17, 15) is 4.79 Å². The van der Waals surface area contributed by atoms with Crippen molar-refractivity contribution in [2.75, 3.05) is 24.5 Å². The third-order valence-corrected chi connectivity index (χ3v) is 4.05. The Morgan fingerprint density at radius 1 is 1.50 bits per heavy atom. The van der Waals surface area contributed by atoms with Crippen molar-refractivity contribution in [1.29, 1.82) is 0 Å². The molecule has 3 N–H and O–H groups in total. The van der Waals surface area contributed by atoms with Crippen molar-refractivity contribution >= 4 is 11.6 Å². The third kappa shape index (κ3) is 2.96. The number of para-hydroxylation sites is 1. The van der Waals surface area contributed by atoms with E-state index in [2.05, 4.69) is 41.4 Å². The molecule has 20 heavy (non-hydrogen) atoms. The number of hydrogen-bond acceptors (Lipinski definition) is 3. The van der Waals surface area contributed by atoms with Crippen molar-refractivity contribution in [3.63, 3.8) is 0 Å². The van der Waals surface area contributed by atoms with Gasteiger partial charge in [0.25, 0.3) is 0 Å². The molecule has 0 aliphatic carbocycles. The number of fused-ring (bicyclic) bond motifs is 1. The fraction of sp³-hybridized carbons (Fsp3) is 0.562. The summed E-state index contributed by atoms with van der Waals surface area (Å²) in [5.74, 6) is 0.290. The molecule has 0 radical (unpaired) electrons. The lowest BCUT2D eigenvalue weighted by atomic mass is 9.91. The van der Waals surface area contributed by atoms with Crippen LogP contribution in [0.2, 0.25) is 0 Å². The molecule has 1 aliphatic rings. The standard InChI is InChI=1S/C16H25N3O/c1-4-18-16(3,15(17)20)11-19-10-12(2)9-13-7-5-6-8-14(13)19/h5-8,12,18H,4,9-11H2,1-3H3,(H2,17,20). The largest absolute Gasteiger partial charge is 0.369 e. The number of nitrogens with two attached hydrogens (primary N) is 1. The lowest BCUT2D eigenvalue weighted by molar-refractivity contribution is -0.123. The number of benzene rings is 1. The van der Waals surface area contributed by atoms with E-state index in [1.165, 1.54) is 11.3 Å². The summed E-state index contributed by atoms with van der Waals surface area (Å²) in [4.78, 5) is 14.1. The summed E-state index contributed by atoms with van der Waals surface area (Å²) < 4.78 is 0. The lowest BCUT2D eigenvalue weighted by Gasteiger charge is -2.40. The lowest BCUT2D eigenvalue weighted by Crippen LogP contribution is -2.60. The molecule has 4 heteroatoms. The zero-order valence-electron chi connectivity index (χ0n) is 12.6. The highest BCUT2D eigenvalue weighted by Gasteiger charge is 2.34. The minimum Gasteiger partial charge on any atom is -0.369 e. The molecule has 0 aromatic heterocycles. The quantitative estimate of drug-likeness (QED) is 0.857. The second kappa shape index (κ2) is 5.83. The fourth-order valence-corrected chi connectivity index (χ4v) is 3.05. The Labute approximate surface area is 121 Å². The van der Waals surface area contributed by atoms with Crippen LogP contribution in [0.1, 0.15) is 26.3 Å². The Balaban J connectivity index is 2.26. The molecule has 2 unspecified atom stereocenters. The zero-order chi connectivity index (χ0) is 14.8. The van der Waals surface area contributed by atoms with E-state index in [1.54, 1.807) is 0 Å². The molecule has 1 aromatic carbocycles. The van der Waals surface area contributed by atoms with Crippen LogP contribution >= 0.6 is 0 Å². The second-order valence-corrected chi connectivity index (χ2v) is 6.05. The highest BCUT2D eigenvalue weighted by atomic mass is 16.1. The van der Waals surface area contributed by atoms with Gasteiger partial charge in [0, 0.05) is 18.8 Å². The minimum absolute atomic E-state index is 0.296. The topological polar surface area (TPSA) is 58.4 Å². The summed E-state index contributed by atoms with van der Waals surface area (Å²) in [5.41, 5.74) is 7.49. The summed E-state index contributed by atoms with van der Waals surface area (Å²) >= 11 is 0. The van der Waals surface area contributed by atoms with E-state index in [-0.39, 0.29) is 5.91 Å². The van der Waals surface area contributed by atoms with Crippen molar-refractivity contribution in [2.24, 2.45) is 11.7 Å². The maximum absolute atomic E-state index is 11.8. The molecule has 1 aliphatic heterocycles. The number of likely N-dealkylation sites (N-methyl/N-ethyl adjacent to an activating group) is 1. The number of amides is 1. The average Bonchev–Trinajstić information content (AvgIpc) is 2.38. The molecule has 0 saturated heterocycles. The van der Waals surface area contributed by atoms with Gasteiger partial charge in [0.15, 0.2) is 0 Å². The van der Waals surface area contributed by atoms with E-state index in [1.807, 2.05) is 13.8 Å². The van der Waals surface area contributed by atoms with Crippen molar-refractivity contribution in [2.45, 2.75) is 32.7 Å². The van der Waals surface area contributed by atoms with Crippen LogP contribution in [-0.2, 0) is 11.2 Å². The molecule has 0 saturated carbocycles. The number of rotatable bonds is 5. The number of primary amides is 1. The smallest absolute Gasteiger partial charge is 0.239 e. The van der Waals surface area contributed by atoms with Gasteiger partial charge in [-0.2, -0.15) is 0 Å². The monoisotopic (exact) mass is 275 g/mol. The minimum atomic E-state index is -0.696. The van der Waals surface area contributed by atoms with Crippen molar-refractivity contribution < 1.29 is 4.79 Å². The number of hydrogen-bond donors (Lipinski definition) is 2. The first-order valence-electron chi connectivity index (χ1n) is 7.34. The maximum atomic E-state index is 11.8. The van der Waals surface area contributed by atoms with Crippen LogP contribution in [0.4, 0.5) is 5.69 Å². The highest BCUT2D eigenvalue weighted by Crippen LogP contribution is 2.30. The second-order valence-electron chi connectivity index (χ2n) is 6.05. The van der Waals surface area contributed by atoms with Gasteiger partial charge >= 0.3 is 0 Å². The van der Waals surface area contributed by atoms with E-state index in [4.69, 9.17) is 5.73 Å². The number of carbonyl (C=O) groups excluding carboxylic acids is 1. The van der Waals surface area contributed by atoms with Crippen LogP contribution in [-0.4, -0.2) is 31.1 Å². The predicted octanol–water partition coefficient (Wildman–Crippen LogP) is 1.54. The number of carbonyl (C=O) groups is 1. The Morgan fingerprint density at radius 3 is 2.85 bits per heavy atom. The molecule has 110 valence electrons. The Bertz CT molecular complexity index is 488. The molecule has 1 heterocycles. The molecule has 2 atom stereocenters. The average molecular weight is 275 g/mol. The van der Waals surface area contributed by atoms with Crippen LogP contribution in [0, 0.1) is 5.92 Å². The van der Waals surface area contributed by atoms with E-state index in [0.29, 0.717) is 12.5 Å². The van der Waals surface area contributed by atoms with Crippen LogP contribution in [0.15, 0.2) is 24.3 Å². The molecular weight excluding hydrogens is 250 g/mol. The van der Waals surface area contributed by atoms with Crippen LogP contribution in [0.5, 0.6) is 0 Å².